The van der Waals surface area contributed by atoms with Crippen molar-refractivity contribution in [2.45, 2.75) is 0 Å². The molecule has 0 aliphatic rings. The highest BCUT2D eigenvalue weighted by Gasteiger charge is 2.21. The van der Waals surface area contributed by atoms with Gasteiger partial charge in [-0.15, -0.1) is 0 Å². The Bertz CT molecular complexity index is 2750. The van der Waals surface area contributed by atoms with Crippen molar-refractivity contribution in [3.8, 4) is 45.8 Å². The highest BCUT2D eigenvalue weighted by atomic mass is 15.0. The van der Waals surface area contributed by atoms with E-state index in [9.17, 15) is 10.5 Å². The van der Waals surface area contributed by atoms with Crippen LogP contribution >= 0.6 is 0 Å². The summed E-state index contributed by atoms with van der Waals surface area (Å²) in [5.41, 5.74) is 11.4. The molecule has 7 aromatic carbocycles. The number of nitrogens with zero attached hydrogens (tertiary/aromatic N) is 4. The third kappa shape index (κ3) is 4.01. The second kappa shape index (κ2) is 10.9. The van der Waals surface area contributed by atoms with Crippen LogP contribution in [0.4, 0.5) is 0 Å². The zero-order valence-corrected chi connectivity index (χ0v) is 25.8. The van der Waals surface area contributed by atoms with Gasteiger partial charge in [0.1, 0.15) is 12.1 Å². The molecule has 2 heterocycles. The van der Waals surface area contributed by atoms with E-state index in [1.807, 2.05) is 36.4 Å². The molecule has 0 spiro atoms. The van der Waals surface area contributed by atoms with Gasteiger partial charge in [0, 0.05) is 32.8 Å². The first kappa shape index (κ1) is 27.4. The third-order valence-corrected chi connectivity index (χ3v) is 9.43. The Balaban J connectivity index is 1.25. The average Bonchev–Trinajstić information content (AvgIpc) is 3.68. The maximum absolute atomic E-state index is 10.4. The van der Waals surface area contributed by atoms with Gasteiger partial charge in [0.05, 0.1) is 38.9 Å². The first-order chi connectivity index (χ1) is 23.8. The molecule has 4 heteroatoms. The van der Waals surface area contributed by atoms with E-state index in [2.05, 4.69) is 143 Å². The molecule has 9 aromatic rings. The van der Waals surface area contributed by atoms with E-state index in [4.69, 9.17) is 0 Å². The molecule has 2 aromatic heterocycles. The van der Waals surface area contributed by atoms with Crippen molar-refractivity contribution in [3.63, 3.8) is 0 Å². The van der Waals surface area contributed by atoms with Crippen molar-refractivity contribution in [1.29, 1.82) is 10.5 Å². The first-order valence-corrected chi connectivity index (χ1v) is 15.9. The number of hydrogen-bond donors (Lipinski definition) is 0. The molecule has 0 radical (unpaired) electrons. The summed E-state index contributed by atoms with van der Waals surface area (Å²) in [6, 6.07) is 58.9. The maximum Gasteiger partial charge on any atom is 0.101 e. The second-order valence-corrected chi connectivity index (χ2v) is 11.9. The van der Waals surface area contributed by atoms with Gasteiger partial charge >= 0.3 is 0 Å². The predicted molar refractivity (Wildman–Crippen MR) is 195 cm³/mol. The molecule has 0 bridgehead atoms. The molecule has 0 aliphatic heterocycles. The molecule has 0 N–H and O–H groups in total. The molecule has 222 valence electrons. The number of aromatic nitrogens is 2. The molecule has 0 fully saturated rings. The molecule has 48 heavy (non-hydrogen) atoms. The summed E-state index contributed by atoms with van der Waals surface area (Å²) >= 11 is 0. The summed E-state index contributed by atoms with van der Waals surface area (Å²) in [6.07, 6.45) is 0. The standard InChI is InChI=1S/C44H26N4/c45-27-30-11-10-19-39-37-17-5-6-20-40(37)47(43(30)39)32-25-23-29(24-26-32)33-13-1-2-14-34(33)38-18-9-12-31(28-46)44(38)48-41-21-7-3-15-35(41)36-16-4-8-22-42(36)48/h1-26H. The number of nitriles is 2. The van der Waals surface area contributed by atoms with Crippen molar-refractivity contribution in [2.75, 3.05) is 0 Å². The van der Waals surface area contributed by atoms with Crippen LogP contribution in [0.1, 0.15) is 11.1 Å². The van der Waals surface area contributed by atoms with E-state index in [1.54, 1.807) is 0 Å². The van der Waals surface area contributed by atoms with Crippen LogP contribution in [0.5, 0.6) is 0 Å². The summed E-state index contributed by atoms with van der Waals surface area (Å²) in [5.74, 6) is 0. The third-order valence-electron chi connectivity index (χ3n) is 9.43. The lowest BCUT2D eigenvalue weighted by Gasteiger charge is -2.18. The lowest BCUT2D eigenvalue weighted by Crippen LogP contribution is -2.01. The minimum absolute atomic E-state index is 0.615. The summed E-state index contributed by atoms with van der Waals surface area (Å²) < 4.78 is 4.43. The predicted octanol–water partition coefficient (Wildman–Crippen LogP) is 11.0. The van der Waals surface area contributed by atoms with Crippen LogP contribution < -0.4 is 0 Å². The number of para-hydroxylation sites is 5. The molecule has 0 atom stereocenters. The van der Waals surface area contributed by atoms with Gasteiger partial charge in [0.2, 0.25) is 0 Å². The van der Waals surface area contributed by atoms with Crippen molar-refractivity contribution in [2.24, 2.45) is 0 Å². The zero-order valence-electron chi connectivity index (χ0n) is 25.8. The lowest BCUT2D eigenvalue weighted by molar-refractivity contribution is 1.17. The van der Waals surface area contributed by atoms with Crippen LogP contribution in [-0.4, -0.2) is 9.13 Å². The molecule has 4 nitrogen and oxygen atoms in total. The molecular formula is C44H26N4. The Labute approximate surface area is 277 Å². The Kier molecular flexibility index (Phi) is 6.22. The molecular weight excluding hydrogens is 585 g/mol. The van der Waals surface area contributed by atoms with E-state index in [0.29, 0.717) is 11.1 Å². The Morgan fingerprint density at radius 2 is 0.854 bits per heavy atom. The highest BCUT2D eigenvalue weighted by molar-refractivity contribution is 6.11. The Hall–Kier alpha value is -6.88. The molecule has 0 unspecified atom stereocenters. The molecule has 9 rings (SSSR count). The number of fused-ring (bicyclic) bond motifs is 6. The topological polar surface area (TPSA) is 57.4 Å². The van der Waals surface area contributed by atoms with E-state index in [-0.39, 0.29) is 0 Å². The van der Waals surface area contributed by atoms with Crippen LogP contribution in [0, 0.1) is 22.7 Å². The molecule has 0 saturated heterocycles. The fraction of sp³-hybridized carbons (Fsp3) is 0. The van der Waals surface area contributed by atoms with Gasteiger partial charge in [-0.2, -0.15) is 10.5 Å². The van der Waals surface area contributed by atoms with Gasteiger partial charge < -0.3 is 9.13 Å². The normalized spacial score (nSPS) is 11.3. The van der Waals surface area contributed by atoms with Crippen molar-refractivity contribution in [3.05, 3.63) is 169 Å². The Morgan fingerprint density at radius 1 is 0.375 bits per heavy atom. The lowest BCUT2D eigenvalue weighted by atomic mass is 9.92. The second-order valence-electron chi connectivity index (χ2n) is 11.9. The van der Waals surface area contributed by atoms with Gasteiger partial charge in [0.25, 0.3) is 0 Å². The number of hydrogen-bond acceptors (Lipinski definition) is 2. The van der Waals surface area contributed by atoms with E-state index in [1.165, 1.54) is 0 Å². The molecule has 0 saturated carbocycles. The molecule has 0 aliphatic carbocycles. The van der Waals surface area contributed by atoms with Crippen LogP contribution in [0.2, 0.25) is 0 Å². The van der Waals surface area contributed by atoms with Crippen molar-refractivity contribution < 1.29 is 0 Å². The summed E-state index contributed by atoms with van der Waals surface area (Å²) in [5, 5.41) is 25.0. The largest absolute Gasteiger partial charge is 0.308 e. The minimum atomic E-state index is 0.615. The maximum atomic E-state index is 10.4. The van der Waals surface area contributed by atoms with Gasteiger partial charge in [-0.05, 0) is 59.2 Å². The van der Waals surface area contributed by atoms with E-state index < -0.39 is 0 Å². The summed E-state index contributed by atoms with van der Waals surface area (Å²) in [6.45, 7) is 0. The average molecular weight is 611 g/mol. The summed E-state index contributed by atoms with van der Waals surface area (Å²) in [4.78, 5) is 0. The van der Waals surface area contributed by atoms with Crippen molar-refractivity contribution in [1.82, 2.24) is 9.13 Å². The summed E-state index contributed by atoms with van der Waals surface area (Å²) in [7, 11) is 0. The molecule has 0 amide bonds. The SMILES string of the molecule is N#Cc1cccc(-c2ccccc2-c2ccc(-n3c4ccccc4c4cccc(C#N)c43)cc2)c1-n1c2ccccc2c2ccccc21. The van der Waals surface area contributed by atoms with Crippen LogP contribution in [0.15, 0.2) is 158 Å². The fourth-order valence-corrected chi connectivity index (χ4v) is 7.39. The minimum Gasteiger partial charge on any atom is -0.308 e. The number of rotatable bonds is 4. The van der Waals surface area contributed by atoms with Gasteiger partial charge in [-0.25, -0.2) is 0 Å². The smallest absolute Gasteiger partial charge is 0.101 e. The fourth-order valence-electron chi connectivity index (χ4n) is 7.39. The van der Waals surface area contributed by atoms with Crippen LogP contribution in [-0.2, 0) is 0 Å². The van der Waals surface area contributed by atoms with Crippen LogP contribution in [0.3, 0.4) is 0 Å². The van der Waals surface area contributed by atoms with E-state index in [0.717, 1.165) is 77.2 Å². The quantitative estimate of drug-likeness (QED) is 0.199. The van der Waals surface area contributed by atoms with Crippen LogP contribution in [0.25, 0.3) is 77.2 Å². The zero-order chi connectivity index (χ0) is 32.2. The van der Waals surface area contributed by atoms with Gasteiger partial charge in [-0.3, -0.25) is 0 Å². The van der Waals surface area contributed by atoms with Gasteiger partial charge in [0.15, 0.2) is 0 Å². The van der Waals surface area contributed by atoms with Crippen molar-refractivity contribution >= 4 is 43.6 Å². The highest BCUT2D eigenvalue weighted by Crippen LogP contribution is 2.41. The van der Waals surface area contributed by atoms with E-state index >= 15 is 0 Å². The monoisotopic (exact) mass is 610 g/mol. The number of benzene rings is 7. The Morgan fingerprint density at radius 3 is 1.50 bits per heavy atom. The first-order valence-electron chi connectivity index (χ1n) is 15.9. The van der Waals surface area contributed by atoms with Gasteiger partial charge in [-0.1, -0.05) is 115 Å².